The molecule has 1 amide bonds. The molecular weight excluding hydrogens is 396 g/mol. The van der Waals surface area contributed by atoms with Crippen LogP contribution >= 0.6 is 11.3 Å². The number of furan rings is 1. The molecule has 8 heteroatoms. The van der Waals surface area contributed by atoms with Gasteiger partial charge in [0.25, 0.3) is 5.91 Å². The van der Waals surface area contributed by atoms with Crippen LogP contribution in [0.1, 0.15) is 27.2 Å². The SMILES string of the molecule is Cc1cc2oc(C(=O)Nc3nc4ccc(S(C)(=O)=O)cc4s3)c(C)c2cc1C. The van der Waals surface area contributed by atoms with E-state index in [1.54, 1.807) is 12.1 Å². The van der Waals surface area contributed by atoms with Gasteiger partial charge in [-0.1, -0.05) is 11.3 Å². The van der Waals surface area contributed by atoms with Gasteiger partial charge in [0, 0.05) is 17.2 Å². The van der Waals surface area contributed by atoms with Crippen molar-refractivity contribution in [2.45, 2.75) is 25.7 Å². The van der Waals surface area contributed by atoms with Gasteiger partial charge in [0.2, 0.25) is 0 Å². The maximum atomic E-state index is 12.7. The Morgan fingerprint density at radius 2 is 1.82 bits per heavy atom. The summed E-state index contributed by atoms with van der Waals surface area (Å²) in [7, 11) is -3.30. The molecule has 2 aromatic carbocycles. The topological polar surface area (TPSA) is 89.3 Å². The largest absolute Gasteiger partial charge is 0.451 e. The number of benzene rings is 2. The average Bonchev–Trinajstić information content (AvgIpc) is 3.15. The standard InChI is InChI=1S/C20H18N2O4S2/c1-10-7-14-12(3)18(26-16(14)8-11(10)2)19(23)22-20-21-15-6-5-13(28(4,24)25)9-17(15)27-20/h5-9H,1-4H3,(H,21,22,23). The molecule has 4 aromatic rings. The van der Waals surface area contributed by atoms with Crippen LogP contribution in [0.3, 0.4) is 0 Å². The van der Waals surface area contributed by atoms with E-state index < -0.39 is 9.84 Å². The summed E-state index contributed by atoms with van der Waals surface area (Å²) in [6, 6.07) is 8.66. The van der Waals surface area contributed by atoms with E-state index in [2.05, 4.69) is 10.3 Å². The van der Waals surface area contributed by atoms with Crippen LogP contribution in [0.2, 0.25) is 0 Å². The second kappa shape index (κ2) is 6.42. The molecule has 0 aliphatic heterocycles. The molecule has 0 aliphatic carbocycles. The maximum absolute atomic E-state index is 12.7. The number of thiazole rings is 1. The van der Waals surface area contributed by atoms with Crippen molar-refractivity contribution in [3.8, 4) is 0 Å². The van der Waals surface area contributed by atoms with Crippen LogP contribution in [0, 0.1) is 20.8 Å². The zero-order chi connectivity index (χ0) is 20.2. The van der Waals surface area contributed by atoms with E-state index in [-0.39, 0.29) is 16.6 Å². The molecule has 0 unspecified atom stereocenters. The highest BCUT2D eigenvalue weighted by Crippen LogP contribution is 2.31. The summed E-state index contributed by atoms with van der Waals surface area (Å²) >= 11 is 1.22. The van der Waals surface area contributed by atoms with Crippen LogP contribution in [0.15, 0.2) is 39.6 Å². The number of rotatable bonds is 3. The lowest BCUT2D eigenvalue weighted by atomic mass is 10.1. The van der Waals surface area contributed by atoms with Gasteiger partial charge in [-0.3, -0.25) is 10.1 Å². The first-order valence-corrected chi connectivity index (χ1v) is 11.3. The fourth-order valence-electron chi connectivity index (χ4n) is 3.04. The number of sulfone groups is 1. The summed E-state index contributed by atoms with van der Waals surface area (Å²) in [5.41, 5.74) is 4.31. The predicted octanol–water partition coefficient (Wildman–Crippen LogP) is 4.62. The first-order valence-electron chi connectivity index (χ1n) is 8.56. The van der Waals surface area contributed by atoms with E-state index in [1.165, 1.54) is 17.4 Å². The molecule has 1 N–H and O–H groups in total. The van der Waals surface area contributed by atoms with Gasteiger partial charge < -0.3 is 4.42 Å². The average molecular weight is 415 g/mol. The molecule has 2 heterocycles. The van der Waals surface area contributed by atoms with E-state index in [1.807, 2.05) is 32.9 Å². The van der Waals surface area contributed by atoms with Crippen molar-refractivity contribution < 1.29 is 17.6 Å². The molecule has 0 fully saturated rings. The second-order valence-corrected chi connectivity index (χ2v) is 9.91. The number of nitrogens with one attached hydrogen (secondary N) is 1. The lowest BCUT2D eigenvalue weighted by Crippen LogP contribution is -2.11. The number of amides is 1. The number of hydrogen-bond donors (Lipinski definition) is 1. The molecule has 0 aliphatic rings. The maximum Gasteiger partial charge on any atom is 0.293 e. The molecule has 0 radical (unpaired) electrons. The summed E-state index contributed by atoms with van der Waals surface area (Å²) in [5, 5.41) is 4.06. The van der Waals surface area contributed by atoms with E-state index in [9.17, 15) is 13.2 Å². The van der Waals surface area contributed by atoms with Gasteiger partial charge in [0.05, 0.1) is 15.1 Å². The number of fused-ring (bicyclic) bond motifs is 2. The molecule has 0 spiro atoms. The van der Waals surface area contributed by atoms with Gasteiger partial charge in [-0.25, -0.2) is 13.4 Å². The second-order valence-electron chi connectivity index (χ2n) is 6.86. The Balaban J connectivity index is 1.68. The fourth-order valence-corrected chi connectivity index (χ4v) is 4.66. The third-order valence-corrected chi connectivity index (χ3v) is 6.81. The summed E-state index contributed by atoms with van der Waals surface area (Å²) in [6.07, 6.45) is 1.16. The minimum atomic E-state index is -3.30. The Labute approximate surface area is 166 Å². The first-order chi connectivity index (χ1) is 13.1. The molecule has 144 valence electrons. The van der Waals surface area contributed by atoms with Crippen molar-refractivity contribution in [2.75, 3.05) is 11.6 Å². The van der Waals surface area contributed by atoms with Crippen LogP contribution in [-0.4, -0.2) is 25.6 Å². The van der Waals surface area contributed by atoms with Crippen molar-refractivity contribution in [1.29, 1.82) is 0 Å². The summed E-state index contributed by atoms with van der Waals surface area (Å²) in [5.74, 6) is -0.137. The van der Waals surface area contributed by atoms with Crippen molar-refractivity contribution in [3.05, 3.63) is 52.8 Å². The quantitative estimate of drug-likeness (QED) is 0.528. The first kappa shape index (κ1) is 18.6. The monoisotopic (exact) mass is 414 g/mol. The number of aryl methyl sites for hydroxylation is 3. The van der Waals surface area contributed by atoms with Gasteiger partial charge in [0.1, 0.15) is 5.58 Å². The van der Waals surface area contributed by atoms with Crippen LogP contribution in [0.25, 0.3) is 21.2 Å². The highest BCUT2D eigenvalue weighted by Gasteiger charge is 2.20. The lowest BCUT2D eigenvalue weighted by Gasteiger charge is -1.99. The third-order valence-electron chi connectivity index (χ3n) is 4.77. The molecule has 0 atom stereocenters. The van der Waals surface area contributed by atoms with E-state index >= 15 is 0 Å². The fraction of sp³-hybridized carbons (Fsp3) is 0.200. The zero-order valence-electron chi connectivity index (χ0n) is 15.8. The Morgan fingerprint density at radius 3 is 2.54 bits per heavy atom. The van der Waals surface area contributed by atoms with Gasteiger partial charge in [0.15, 0.2) is 20.7 Å². The van der Waals surface area contributed by atoms with Crippen LogP contribution in [-0.2, 0) is 9.84 Å². The molecule has 28 heavy (non-hydrogen) atoms. The van der Waals surface area contributed by atoms with E-state index in [0.29, 0.717) is 20.9 Å². The number of carbonyl (C=O) groups is 1. The number of carbonyl (C=O) groups excluding carboxylic acids is 1. The van der Waals surface area contributed by atoms with E-state index in [0.717, 1.165) is 28.3 Å². The highest BCUT2D eigenvalue weighted by molar-refractivity contribution is 7.90. The molecule has 4 rings (SSSR count). The molecule has 0 bridgehead atoms. The summed E-state index contributed by atoms with van der Waals surface area (Å²) < 4.78 is 29.9. The Kier molecular flexibility index (Phi) is 4.28. The van der Waals surface area contributed by atoms with Gasteiger partial charge in [-0.2, -0.15) is 0 Å². The Hall–Kier alpha value is -2.71. The van der Waals surface area contributed by atoms with Gasteiger partial charge in [-0.05, 0) is 62.2 Å². The number of nitrogens with zero attached hydrogens (tertiary/aromatic N) is 1. The lowest BCUT2D eigenvalue weighted by molar-refractivity contribution is 0.0998. The van der Waals surface area contributed by atoms with Crippen LogP contribution in [0.5, 0.6) is 0 Å². The number of hydrogen-bond acceptors (Lipinski definition) is 6. The summed E-state index contributed by atoms with van der Waals surface area (Å²) in [4.78, 5) is 17.3. The predicted molar refractivity (Wildman–Crippen MR) is 111 cm³/mol. The number of anilines is 1. The Bertz CT molecular complexity index is 1360. The van der Waals surface area contributed by atoms with Gasteiger partial charge in [-0.15, -0.1) is 0 Å². The van der Waals surface area contributed by atoms with Crippen molar-refractivity contribution in [1.82, 2.24) is 4.98 Å². The zero-order valence-corrected chi connectivity index (χ0v) is 17.4. The van der Waals surface area contributed by atoms with Crippen LogP contribution in [0.4, 0.5) is 5.13 Å². The Morgan fingerprint density at radius 1 is 1.11 bits per heavy atom. The third kappa shape index (κ3) is 3.18. The minimum absolute atomic E-state index is 0.223. The molecule has 0 saturated carbocycles. The highest BCUT2D eigenvalue weighted by atomic mass is 32.2. The smallest absolute Gasteiger partial charge is 0.293 e. The van der Waals surface area contributed by atoms with Gasteiger partial charge >= 0.3 is 0 Å². The number of aromatic nitrogens is 1. The van der Waals surface area contributed by atoms with Crippen molar-refractivity contribution in [3.63, 3.8) is 0 Å². The normalized spacial score (nSPS) is 12.0. The van der Waals surface area contributed by atoms with E-state index in [4.69, 9.17) is 4.42 Å². The van der Waals surface area contributed by atoms with Crippen molar-refractivity contribution >= 4 is 53.4 Å². The molecular formula is C20H18N2O4S2. The van der Waals surface area contributed by atoms with Crippen LogP contribution < -0.4 is 5.32 Å². The molecule has 6 nitrogen and oxygen atoms in total. The minimum Gasteiger partial charge on any atom is -0.451 e. The molecule has 0 saturated heterocycles. The van der Waals surface area contributed by atoms with Crippen molar-refractivity contribution in [2.24, 2.45) is 0 Å². The summed E-state index contributed by atoms with van der Waals surface area (Å²) in [6.45, 7) is 5.87. The molecule has 2 aromatic heterocycles.